The number of carbonyl (C=O) groups is 1. The fraction of sp³-hybridized carbons (Fsp3) is 0.333. The third-order valence-corrected chi connectivity index (χ3v) is 7.87. The fourth-order valence-electron chi connectivity index (χ4n) is 5.08. The second-order valence-corrected chi connectivity index (χ2v) is 11.7. The van der Waals surface area contributed by atoms with Crippen LogP contribution < -0.4 is 5.32 Å². The van der Waals surface area contributed by atoms with E-state index in [2.05, 4.69) is 16.4 Å². The van der Waals surface area contributed by atoms with Crippen LogP contribution in [0, 0.1) is 13.8 Å². The van der Waals surface area contributed by atoms with Crippen LogP contribution in [0.25, 0.3) is 28.2 Å². The molecule has 0 saturated heterocycles. The number of rotatable bonds is 9. The Hall–Kier alpha value is -4.54. The molecular weight excluding hydrogens is 542 g/mol. The molecule has 0 radical (unpaired) electrons. The van der Waals surface area contributed by atoms with Crippen molar-refractivity contribution in [2.45, 2.75) is 52.8 Å². The van der Waals surface area contributed by atoms with Gasteiger partial charge in [0.1, 0.15) is 17.2 Å². The summed E-state index contributed by atoms with van der Waals surface area (Å²) in [4.78, 5) is 24.2. The van der Waals surface area contributed by atoms with Crippen molar-refractivity contribution >= 4 is 17.4 Å². The Kier molecular flexibility index (Phi) is 8.09. The fourth-order valence-corrected chi connectivity index (χ4v) is 5.08. The number of anilines is 1. The van der Waals surface area contributed by atoms with Crippen LogP contribution >= 0.6 is 0 Å². The number of amides is 1. The van der Waals surface area contributed by atoms with Crippen molar-refractivity contribution in [1.82, 2.24) is 29.0 Å². The lowest BCUT2D eigenvalue weighted by atomic mass is 9.98. The Labute approximate surface area is 251 Å². The molecule has 1 amide bonds. The quantitative estimate of drug-likeness (QED) is 0.231. The zero-order chi connectivity index (χ0) is 31.1. The summed E-state index contributed by atoms with van der Waals surface area (Å²) >= 11 is 0. The maximum atomic E-state index is 13.3. The highest BCUT2D eigenvalue weighted by Crippen LogP contribution is 2.33. The van der Waals surface area contributed by atoms with Crippen LogP contribution in [0.2, 0.25) is 0 Å². The number of aliphatic hydroxyl groups excluding tert-OH is 1. The maximum absolute atomic E-state index is 13.3. The van der Waals surface area contributed by atoms with E-state index in [1.54, 1.807) is 43.4 Å². The normalized spacial score (nSPS) is 12.5. The molecule has 0 saturated carbocycles. The van der Waals surface area contributed by atoms with Crippen LogP contribution in [0.4, 0.5) is 5.82 Å². The van der Waals surface area contributed by atoms with E-state index in [1.165, 1.54) is 0 Å². The average Bonchev–Trinajstić information content (AvgIpc) is 3.56. The number of carbonyl (C=O) groups excluding carboxylic acids is 1. The van der Waals surface area contributed by atoms with Crippen LogP contribution in [0.1, 0.15) is 53.6 Å². The molecular formula is C33H39N7O3. The van der Waals surface area contributed by atoms with Crippen molar-refractivity contribution in [2.75, 3.05) is 19.0 Å². The van der Waals surface area contributed by atoms with Gasteiger partial charge in [0.15, 0.2) is 5.65 Å². The van der Waals surface area contributed by atoms with E-state index in [1.807, 2.05) is 74.1 Å². The highest BCUT2D eigenvalue weighted by atomic mass is 16.3. The van der Waals surface area contributed by atoms with Gasteiger partial charge in [0.25, 0.3) is 5.91 Å². The predicted octanol–water partition coefficient (Wildman–Crippen LogP) is 4.71. The number of nitrogens with zero attached hydrogens (tertiary/aromatic N) is 6. The summed E-state index contributed by atoms with van der Waals surface area (Å²) in [6, 6.07) is 15.4. The molecule has 1 atom stereocenters. The van der Waals surface area contributed by atoms with Crippen molar-refractivity contribution < 1.29 is 15.0 Å². The molecule has 5 rings (SSSR count). The van der Waals surface area contributed by atoms with E-state index < -0.39 is 5.60 Å². The topological polar surface area (TPSA) is 121 Å². The van der Waals surface area contributed by atoms with Crippen LogP contribution in [0.15, 0.2) is 60.9 Å². The van der Waals surface area contributed by atoms with Crippen molar-refractivity contribution in [1.29, 1.82) is 0 Å². The molecule has 3 heterocycles. The lowest BCUT2D eigenvalue weighted by Crippen LogP contribution is -2.37. The summed E-state index contributed by atoms with van der Waals surface area (Å²) in [7, 11) is 3.66. The molecule has 3 aromatic heterocycles. The van der Waals surface area contributed by atoms with Crippen LogP contribution in [-0.2, 0) is 19.2 Å². The summed E-state index contributed by atoms with van der Waals surface area (Å²) in [6.07, 6.45) is 3.70. The second kappa shape index (κ2) is 11.6. The van der Waals surface area contributed by atoms with Gasteiger partial charge in [-0.25, -0.2) is 9.97 Å². The van der Waals surface area contributed by atoms with E-state index >= 15 is 0 Å². The molecule has 0 bridgehead atoms. The van der Waals surface area contributed by atoms with Crippen molar-refractivity contribution in [3.05, 3.63) is 89.0 Å². The standard InChI is InChI=1S/C33H39N7O3/c1-20-11-12-24(16-26(20)32(42)39(7)21(2)19-41)29-22(3)37-40-28(17-27(33(4,5)43)36-31(29)40)35-18-23-9-8-10-25(15-23)30-34-13-14-38(30)6/h8-17,21,35,41,43H,18-19H2,1-7H3/t21-/m0/s1. The summed E-state index contributed by atoms with van der Waals surface area (Å²) in [5.41, 5.74) is 5.61. The van der Waals surface area contributed by atoms with Crippen molar-refractivity contribution in [2.24, 2.45) is 7.05 Å². The number of aromatic nitrogens is 5. The number of aryl methyl sites for hydroxylation is 3. The first kappa shape index (κ1) is 29.9. The molecule has 3 N–H and O–H groups in total. The number of likely N-dealkylation sites (N-methyl/N-ethyl adjacent to an activating group) is 1. The Balaban J connectivity index is 1.57. The zero-order valence-electron chi connectivity index (χ0n) is 25.8. The van der Waals surface area contributed by atoms with Gasteiger partial charge in [0.2, 0.25) is 0 Å². The third kappa shape index (κ3) is 5.89. The number of benzene rings is 2. The Morgan fingerprint density at radius 3 is 2.56 bits per heavy atom. The van der Waals surface area contributed by atoms with Gasteiger partial charge >= 0.3 is 0 Å². The molecule has 0 spiro atoms. The molecule has 224 valence electrons. The number of hydrogen-bond acceptors (Lipinski definition) is 7. The maximum Gasteiger partial charge on any atom is 0.254 e. The monoisotopic (exact) mass is 581 g/mol. The lowest BCUT2D eigenvalue weighted by Gasteiger charge is -2.24. The number of nitrogens with one attached hydrogen (secondary N) is 1. The van der Waals surface area contributed by atoms with Crippen LogP contribution in [0.5, 0.6) is 0 Å². The lowest BCUT2D eigenvalue weighted by molar-refractivity contribution is 0.0681. The molecule has 0 aliphatic heterocycles. The van der Waals surface area contributed by atoms with Crippen LogP contribution in [-0.4, -0.2) is 64.9 Å². The minimum absolute atomic E-state index is 0.124. The van der Waals surface area contributed by atoms with E-state index in [9.17, 15) is 15.0 Å². The van der Waals surface area contributed by atoms with Gasteiger partial charge < -0.3 is 25.0 Å². The molecule has 0 aliphatic carbocycles. The first-order chi connectivity index (χ1) is 20.4. The number of imidazole rings is 1. The van der Waals surface area contributed by atoms with Gasteiger partial charge in [-0.3, -0.25) is 4.79 Å². The summed E-state index contributed by atoms with van der Waals surface area (Å²) in [5.74, 6) is 1.40. The molecule has 0 fully saturated rings. The smallest absolute Gasteiger partial charge is 0.254 e. The highest BCUT2D eigenvalue weighted by Gasteiger charge is 2.25. The number of fused-ring (bicyclic) bond motifs is 1. The summed E-state index contributed by atoms with van der Waals surface area (Å²) < 4.78 is 3.74. The molecule has 5 aromatic rings. The van der Waals surface area contributed by atoms with Crippen LogP contribution in [0.3, 0.4) is 0 Å². The predicted molar refractivity (Wildman–Crippen MR) is 168 cm³/mol. The van der Waals surface area contributed by atoms with Gasteiger partial charge in [-0.15, -0.1) is 0 Å². The Morgan fingerprint density at radius 2 is 1.88 bits per heavy atom. The second-order valence-electron chi connectivity index (χ2n) is 11.7. The van der Waals surface area contributed by atoms with Gasteiger partial charge in [-0.1, -0.05) is 30.3 Å². The van der Waals surface area contributed by atoms with Gasteiger partial charge in [-0.2, -0.15) is 9.61 Å². The largest absolute Gasteiger partial charge is 0.394 e. The van der Waals surface area contributed by atoms with Gasteiger partial charge in [-0.05, 0) is 63.4 Å². The molecule has 0 unspecified atom stereocenters. The Bertz CT molecular complexity index is 1800. The number of aliphatic hydroxyl groups is 2. The average molecular weight is 582 g/mol. The van der Waals surface area contributed by atoms with Gasteiger partial charge in [0.05, 0.1) is 24.0 Å². The van der Waals surface area contributed by atoms with E-state index in [-0.39, 0.29) is 18.6 Å². The van der Waals surface area contributed by atoms with E-state index in [0.717, 1.165) is 39.3 Å². The molecule has 10 heteroatoms. The molecule has 10 nitrogen and oxygen atoms in total. The zero-order valence-corrected chi connectivity index (χ0v) is 25.8. The first-order valence-corrected chi connectivity index (χ1v) is 14.3. The van der Waals surface area contributed by atoms with E-state index in [4.69, 9.17) is 10.1 Å². The van der Waals surface area contributed by atoms with E-state index in [0.29, 0.717) is 29.3 Å². The summed E-state index contributed by atoms with van der Waals surface area (Å²) in [6.45, 7) is 9.40. The minimum Gasteiger partial charge on any atom is -0.394 e. The molecule has 0 aliphatic rings. The van der Waals surface area contributed by atoms with Crippen molar-refractivity contribution in [3.63, 3.8) is 0 Å². The highest BCUT2D eigenvalue weighted by molar-refractivity contribution is 5.97. The summed E-state index contributed by atoms with van der Waals surface area (Å²) in [5, 5.41) is 28.9. The molecule has 2 aromatic carbocycles. The minimum atomic E-state index is -1.21. The third-order valence-electron chi connectivity index (χ3n) is 7.87. The Morgan fingerprint density at radius 1 is 1.12 bits per heavy atom. The SMILES string of the molecule is Cc1ccc(-c2c(C)nn3c(NCc4cccc(-c5nccn5C)c4)cc(C(C)(C)O)nc23)cc1C(=O)N(C)[C@@H](C)CO. The van der Waals surface area contributed by atoms with Crippen molar-refractivity contribution in [3.8, 4) is 22.5 Å². The number of hydrogen-bond donors (Lipinski definition) is 3. The molecule has 43 heavy (non-hydrogen) atoms. The van der Waals surface area contributed by atoms with Gasteiger partial charge in [0, 0.05) is 55.8 Å². The first-order valence-electron chi connectivity index (χ1n) is 14.3.